The highest BCUT2D eigenvalue weighted by Gasteiger charge is 2.37. The number of nitrogens with zero attached hydrogens (tertiary/aromatic N) is 1. The zero-order chi connectivity index (χ0) is 8.44. The first-order valence-electron chi connectivity index (χ1n) is 4.61. The van der Waals surface area contributed by atoms with Crippen molar-refractivity contribution in [2.45, 2.75) is 37.3 Å². The van der Waals surface area contributed by atoms with Gasteiger partial charge in [-0.05, 0) is 12.8 Å². The van der Waals surface area contributed by atoms with Gasteiger partial charge in [0.1, 0.15) is 0 Å². The quantitative estimate of drug-likeness (QED) is 0.579. The highest BCUT2D eigenvalue weighted by atomic mass is 16.5. The minimum absolute atomic E-state index is 0.226. The fourth-order valence-electron chi connectivity index (χ4n) is 2.14. The molecule has 1 saturated carbocycles. The monoisotopic (exact) mass is 166 g/mol. The number of rotatable bonds is 0. The molecule has 0 aromatic carbocycles. The molecule has 3 nitrogen and oxygen atoms in total. The molecule has 0 amide bonds. The molecule has 1 aliphatic carbocycles. The van der Waals surface area contributed by atoms with Crippen molar-refractivity contribution in [3.63, 3.8) is 0 Å². The molecule has 0 bridgehead atoms. The lowest BCUT2D eigenvalue weighted by molar-refractivity contribution is -0.00412. The maximum Gasteiger partial charge on any atom is 0.156 e. The molecule has 1 N–H and O–H groups in total. The molecule has 0 radical (unpaired) electrons. The molecule has 2 rings (SSSR count). The van der Waals surface area contributed by atoms with Crippen LogP contribution in [0.3, 0.4) is 0 Å². The van der Waals surface area contributed by atoms with E-state index in [0.717, 1.165) is 6.61 Å². The Balaban J connectivity index is 1.93. The van der Waals surface area contributed by atoms with Crippen LogP contribution in [0.4, 0.5) is 0 Å². The van der Waals surface area contributed by atoms with Crippen molar-refractivity contribution in [3.8, 4) is 6.07 Å². The standard InChI is InChI=1S/C9H14N2O/c10-5-8-6-11-9(7-12-8)3-1-2-4-9/h8,11H,1-4,6-7H2. The van der Waals surface area contributed by atoms with Gasteiger partial charge in [0.25, 0.3) is 0 Å². The van der Waals surface area contributed by atoms with E-state index < -0.39 is 0 Å². The topological polar surface area (TPSA) is 45.0 Å². The summed E-state index contributed by atoms with van der Waals surface area (Å²) in [6.45, 7) is 1.43. The zero-order valence-electron chi connectivity index (χ0n) is 7.18. The molecule has 1 atom stereocenters. The van der Waals surface area contributed by atoms with E-state index in [1.807, 2.05) is 0 Å². The van der Waals surface area contributed by atoms with Crippen LogP contribution in [0.1, 0.15) is 25.7 Å². The number of nitrogens with one attached hydrogen (secondary N) is 1. The van der Waals surface area contributed by atoms with Crippen molar-refractivity contribution in [2.24, 2.45) is 0 Å². The summed E-state index contributed by atoms with van der Waals surface area (Å²) in [6, 6.07) is 2.13. The fraction of sp³-hybridized carbons (Fsp3) is 0.889. The molecule has 12 heavy (non-hydrogen) atoms. The normalized spacial score (nSPS) is 33.4. The van der Waals surface area contributed by atoms with E-state index in [1.165, 1.54) is 25.7 Å². The Hall–Kier alpha value is -0.590. The molecule has 66 valence electrons. The van der Waals surface area contributed by atoms with Gasteiger partial charge in [-0.3, -0.25) is 0 Å². The molecule has 1 unspecified atom stereocenters. The number of ether oxygens (including phenoxy) is 1. The molecule has 1 aliphatic heterocycles. The first kappa shape index (κ1) is 8.03. The number of hydrogen-bond donors (Lipinski definition) is 1. The minimum atomic E-state index is -0.226. The summed E-state index contributed by atoms with van der Waals surface area (Å²) < 4.78 is 5.44. The predicted octanol–water partition coefficient (Wildman–Crippen LogP) is 0.811. The summed E-state index contributed by atoms with van der Waals surface area (Å²) in [4.78, 5) is 0. The largest absolute Gasteiger partial charge is 0.360 e. The van der Waals surface area contributed by atoms with Gasteiger partial charge in [-0.15, -0.1) is 0 Å². The Morgan fingerprint density at radius 2 is 2.17 bits per heavy atom. The number of nitriles is 1. The first-order chi connectivity index (χ1) is 5.85. The zero-order valence-corrected chi connectivity index (χ0v) is 7.18. The van der Waals surface area contributed by atoms with Gasteiger partial charge in [0.05, 0.1) is 12.7 Å². The Morgan fingerprint density at radius 1 is 1.42 bits per heavy atom. The van der Waals surface area contributed by atoms with E-state index in [1.54, 1.807) is 0 Å². The summed E-state index contributed by atoms with van der Waals surface area (Å²) in [5, 5.41) is 12.1. The van der Waals surface area contributed by atoms with E-state index in [-0.39, 0.29) is 11.6 Å². The van der Waals surface area contributed by atoms with Gasteiger partial charge >= 0.3 is 0 Å². The van der Waals surface area contributed by atoms with Crippen LogP contribution in [0.5, 0.6) is 0 Å². The van der Waals surface area contributed by atoms with Gasteiger partial charge < -0.3 is 10.1 Å². The van der Waals surface area contributed by atoms with Crippen LogP contribution in [-0.2, 0) is 4.74 Å². The van der Waals surface area contributed by atoms with E-state index in [2.05, 4.69) is 11.4 Å². The van der Waals surface area contributed by atoms with E-state index in [9.17, 15) is 0 Å². The summed E-state index contributed by atoms with van der Waals surface area (Å²) in [6.07, 6.45) is 4.80. The summed E-state index contributed by atoms with van der Waals surface area (Å²) >= 11 is 0. The van der Waals surface area contributed by atoms with Crippen LogP contribution in [0.15, 0.2) is 0 Å². The summed E-state index contributed by atoms with van der Waals surface area (Å²) in [5.41, 5.74) is 0.230. The average molecular weight is 166 g/mol. The lowest BCUT2D eigenvalue weighted by Gasteiger charge is -2.36. The predicted molar refractivity (Wildman–Crippen MR) is 44.6 cm³/mol. The second-order valence-electron chi connectivity index (χ2n) is 3.80. The second-order valence-corrected chi connectivity index (χ2v) is 3.80. The van der Waals surface area contributed by atoms with Crippen molar-refractivity contribution in [2.75, 3.05) is 13.2 Å². The molecule has 1 spiro atoms. The summed E-state index contributed by atoms with van der Waals surface area (Å²) in [5.74, 6) is 0. The van der Waals surface area contributed by atoms with Gasteiger partial charge in [0, 0.05) is 12.1 Å². The Morgan fingerprint density at radius 3 is 2.67 bits per heavy atom. The molecular weight excluding hydrogens is 152 g/mol. The Kier molecular flexibility index (Phi) is 2.03. The third-order valence-electron chi connectivity index (χ3n) is 2.93. The van der Waals surface area contributed by atoms with Crippen molar-refractivity contribution in [3.05, 3.63) is 0 Å². The van der Waals surface area contributed by atoms with Crippen LogP contribution in [0, 0.1) is 11.3 Å². The van der Waals surface area contributed by atoms with E-state index in [4.69, 9.17) is 10.00 Å². The van der Waals surface area contributed by atoms with Gasteiger partial charge in [0.2, 0.25) is 0 Å². The smallest absolute Gasteiger partial charge is 0.156 e. The van der Waals surface area contributed by atoms with Crippen molar-refractivity contribution in [1.29, 1.82) is 5.26 Å². The molecule has 0 aromatic rings. The molecule has 3 heteroatoms. The highest BCUT2D eigenvalue weighted by Crippen LogP contribution is 2.31. The average Bonchev–Trinajstić information content (AvgIpc) is 2.55. The van der Waals surface area contributed by atoms with Crippen molar-refractivity contribution < 1.29 is 4.74 Å². The third-order valence-corrected chi connectivity index (χ3v) is 2.93. The van der Waals surface area contributed by atoms with Gasteiger partial charge in [0.15, 0.2) is 6.10 Å². The van der Waals surface area contributed by atoms with Crippen molar-refractivity contribution >= 4 is 0 Å². The third kappa shape index (κ3) is 1.33. The lowest BCUT2D eigenvalue weighted by Crippen LogP contribution is -2.55. The van der Waals surface area contributed by atoms with Crippen molar-refractivity contribution in [1.82, 2.24) is 5.32 Å². The summed E-state index contributed by atoms with van der Waals surface area (Å²) in [7, 11) is 0. The second kappa shape index (κ2) is 3.04. The number of morpholine rings is 1. The molecule has 1 saturated heterocycles. The van der Waals surface area contributed by atoms with Gasteiger partial charge in [-0.25, -0.2) is 0 Å². The van der Waals surface area contributed by atoms with Crippen LogP contribution >= 0.6 is 0 Å². The van der Waals surface area contributed by atoms with Crippen LogP contribution < -0.4 is 5.32 Å². The molecule has 0 aromatic heterocycles. The number of hydrogen-bond acceptors (Lipinski definition) is 3. The van der Waals surface area contributed by atoms with E-state index in [0.29, 0.717) is 6.54 Å². The molecule has 1 heterocycles. The molecule has 2 fully saturated rings. The highest BCUT2D eigenvalue weighted by molar-refractivity contribution is 5.00. The SMILES string of the molecule is N#CC1CNC2(CCCC2)CO1. The van der Waals surface area contributed by atoms with Gasteiger partial charge in [-0.2, -0.15) is 5.26 Å². The maximum atomic E-state index is 8.61. The van der Waals surface area contributed by atoms with Crippen LogP contribution in [0.25, 0.3) is 0 Å². The molecular formula is C9H14N2O. The van der Waals surface area contributed by atoms with Crippen LogP contribution in [0.2, 0.25) is 0 Å². The maximum absolute atomic E-state index is 8.61. The minimum Gasteiger partial charge on any atom is -0.360 e. The van der Waals surface area contributed by atoms with E-state index >= 15 is 0 Å². The molecule has 2 aliphatic rings. The lowest BCUT2D eigenvalue weighted by atomic mass is 9.97. The fourth-order valence-corrected chi connectivity index (χ4v) is 2.14. The first-order valence-corrected chi connectivity index (χ1v) is 4.61. The Bertz CT molecular complexity index is 193. The Labute approximate surface area is 72.7 Å². The van der Waals surface area contributed by atoms with Gasteiger partial charge in [-0.1, -0.05) is 12.8 Å². The van der Waals surface area contributed by atoms with Crippen LogP contribution in [-0.4, -0.2) is 24.8 Å².